The van der Waals surface area contributed by atoms with Crippen molar-refractivity contribution >= 4 is 34.7 Å². The second kappa shape index (κ2) is 10.7. The Morgan fingerprint density at radius 3 is 2.44 bits per heavy atom. The number of nitrogens with zero attached hydrogens (tertiary/aromatic N) is 1. The van der Waals surface area contributed by atoms with Crippen molar-refractivity contribution in [2.45, 2.75) is 19.4 Å². The molecule has 4 rings (SSSR count). The molecule has 1 N–H and O–H groups in total. The smallest absolute Gasteiger partial charge is 0.300 e. The number of rotatable bonds is 8. The Hall–Kier alpha value is -3.97. The number of hydrogen-bond donors (Lipinski definition) is 1. The number of Topliss-reactive ketones (excluding diaryl/α,β-unsaturated/α-hetero) is 1. The van der Waals surface area contributed by atoms with Gasteiger partial charge >= 0.3 is 0 Å². The van der Waals surface area contributed by atoms with Crippen molar-refractivity contribution < 1.29 is 28.9 Å². The maximum absolute atomic E-state index is 13.4. The molecule has 1 atom stereocenters. The average Bonchev–Trinajstić information content (AvgIpc) is 3.17. The Bertz CT molecular complexity index is 1340. The summed E-state index contributed by atoms with van der Waals surface area (Å²) in [5.74, 6) is -0.584. The molecule has 3 aromatic carbocycles. The van der Waals surface area contributed by atoms with Crippen molar-refractivity contribution in [3.8, 4) is 17.2 Å². The minimum atomic E-state index is -0.939. The van der Waals surface area contributed by atoms with E-state index in [0.29, 0.717) is 40.1 Å². The molecule has 7 nitrogen and oxygen atoms in total. The summed E-state index contributed by atoms with van der Waals surface area (Å²) in [7, 11) is 2.96. The van der Waals surface area contributed by atoms with Crippen molar-refractivity contribution in [1.29, 1.82) is 0 Å². The lowest BCUT2D eigenvalue weighted by molar-refractivity contribution is -0.132. The summed E-state index contributed by atoms with van der Waals surface area (Å²) in [6.45, 7) is 2.51. The Kier molecular flexibility index (Phi) is 7.50. The van der Waals surface area contributed by atoms with E-state index in [0.717, 1.165) is 6.42 Å². The van der Waals surface area contributed by atoms with Gasteiger partial charge in [0, 0.05) is 16.8 Å². The molecule has 1 amide bonds. The maximum Gasteiger partial charge on any atom is 0.300 e. The molecule has 0 saturated carbocycles. The van der Waals surface area contributed by atoms with Crippen LogP contribution in [0.5, 0.6) is 17.2 Å². The molecule has 1 fully saturated rings. The van der Waals surface area contributed by atoms with Crippen LogP contribution in [0.3, 0.4) is 0 Å². The predicted molar refractivity (Wildman–Crippen MR) is 138 cm³/mol. The van der Waals surface area contributed by atoms with Crippen LogP contribution in [0, 0.1) is 0 Å². The number of amides is 1. The number of anilines is 1. The molecule has 1 saturated heterocycles. The maximum atomic E-state index is 13.4. The van der Waals surface area contributed by atoms with Gasteiger partial charge in [0.15, 0.2) is 0 Å². The molecule has 0 aliphatic carbocycles. The third-order valence-electron chi connectivity index (χ3n) is 5.84. The molecule has 1 unspecified atom stereocenters. The normalized spacial score (nSPS) is 16.8. The van der Waals surface area contributed by atoms with Gasteiger partial charge in [-0.1, -0.05) is 36.7 Å². The van der Waals surface area contributed by atoms with E-state index in [1.54, 1.807) is 60.7 Å². The fourth-order valence-corrected chi connectivity index (χ4v) is 4.35. The van der Waals surface area contributed by atoms with Gasteiger partial charge in [-0.2, -0.15) is 0 Å². The third kappa shape index (κ3) is 4.75. The highest BCUT2D eigenvalue weighted by Gasteiger charge is 2.47. The second-order valence-electron chi connectivity index (χ2n) is 8.14. The number of ketones is 1. The Morgan fingerprint density at radius 2 is 1.72 bits per heavy atom. The molecule has 36 heavy (non-hydrogen) atoms. The first-order valence-corrected chi connectivity index (χ1v) is 11.8. The highest BCUT2D eigenvalue weighted by Crippen LogP contribution is 2.44. The minimum absolute atomic E-state index is 0.0870. The fraction of sp³-hybridized carbons (Fsp3) is 0.214. The topological polar surface area (TPSA) is 85.3 Å². The summed E-state index contributed by atoms with van der Waals surface area (Å²) in [5, 5.41) is 11.8. The van der Waals surface area contributed by atoms with Crippen LogP contribution in [0.1, 0.15) is 30.5 Å². The van der Waals surface area contributed by atoms with Gasteiger partial charge in [0.05, 0.1) is 38.0 Å². The van der Waals surface area contributed by atoms with Crippen LogP contribution in [0.15, 0.2) is 72.3 Å². The number of halogens is 1. The first-order chi connectivity index (χ1) is 17.4. The quantitative estimate of drug-likeness (QED) is 0.236. The molecule has 1 heterocycles. The van der Waals surface area contributed by atoms with Crippen LogP contribution in [0.2, 0.25) is 5.02 Å². The van der Waals surface area contributed by atoms with Crippen LogP contribution >= 0.6 is 11.6 Å². The van der Waals surface area contributed by atoms with Gasteiger partial charge < -0.3 is 19.3 Å². The minimum Gasteiger partial charge on any atom is -0.507 e. The summed E-state index contributed by atoms with van der Waals surface area (Å²) in [5.41, 5.74) is 1.15. The zero-order valence-electron chi connectivity index (χ0n) is 20.2. The van der Waals surface area contributed by atoms with E-state index in [4.69, 9.17) is 25.8 Å². The number of carbonyl (C=O) groups is 2. The standard InChI is InChI=1S/C28H26ClNO6/c1-4-13-36-21-10-5-7-17(14-21)25-24(26(31)22-15-18(29)11-12-23(22)35-3)27(32)28(33)30(25)19-8-6-9-20(16-19)34-2/h5-12,14-16,25,31H,4,13H2,1-3H3/b26-24+. The first kappa shape index (κ1) is 25.1. The SMILES string of the molecule is CCCOc1cccc(C2/C(=C(\O)c3cc(Cl)ccc3OC)C(=O)C(=O)N2c2cccc(OC)c2)c1. The molecular weight excluding hydrogens is 482 g/mol. The zero-order chi connectivity index (χ0) is 25.8. The van der Waals surface area contributed by atoms with Crippen molar-refractivity contribution in [3.05, 3.63) is 88.5 Å². The third-order valence-corrected chi connectivity index (χ3v) is 6.07. The van der Waals surface area contributed by atoms with Crippen LogP contribution in [-0.2, 0) is 9.59 Å². The molecule has 0 radical (unpaired) electrons. The predicted octanol–water partition coefficient (Wildman–Crippen LogP) is 5.77. The summed E-state index contributed by atoms with van der Waals surface area (Å²) < 4.78 is 16.5. The molecule has 0 bridgehead atoms. The van der Waals surface area contributed by atoms with Gasteiger partial charge in [0.25, 0.3) is 11.7 Å². The number of hydrogen-bond acceptors (Lipinski definition) is 6. The Labute approximate surface area is 214 Å². The lowest BCUT2D eigenvalue weighted by Gasteiger charge is -2.26. The number of carbonyl (C=O) groups excluding carboxylic acids is 2. The van der Waals surface area contributed by atoms with Crippen molar-refractivity contribution in [2.75, 3.05) is 25.7 Å². The average molecular weight is 508 g/mol. The van der Waals surface area contributed by atoms with Gasteiger partial charge in [-0.25, -0.2) is 0 Å². The van der Waals surface area contributed by atoms with Gasteiger partial charge in [-0.15, -0.1) is 0 Å². The lowest BCUT2D eigenvalue weighted by atomic mass is 9.94. The summed E-state index contributed by atoms with van der Waals surface area (Å²) in [6.07, 6.45) is 0.821. The van der Waals surface area contributed by atoms with Crippen molar-refractivity contribution in [3.63, 3.8) is 0 Å². The van der Waals surface area contributed by atoms with E-state index >= 15 is 0 Å². The van der Waals surface area contributed by atoms with Crippen LogP contribution in [0.4, 0.5) is 5.69 Å². The summed E-state index contributed by atoms with van der Waals surface area (Å²) >= 11 is 6.19. The van der Waals surface area contributed by atoms with E-state index in [1.807, 2.05) is 6.92 Å². The molecule has 3 aromatic rings. The molecule has 0 spiro atoms. The monoisotopic (exact) mass is 507 g/mol. The van der Waals surface area contributed by atoms with E-state index in [-0.39, 0.29) is 16.9 Å². The first-order valence-electron chi connectivity index (χ1n) is 11.4. The van der Waals surface area contributed by atoms with Gasteiger partial charge in [0.2, 0.25) is 0 Å². The highest BCUT2D eigenvalue weighted by atomic mass is 35.5. The summed E-state index contributed by atoms with van der Waals surface area (Å²) in [4.78, 5) is 28.2. The second-order valence-corrected chi connectivity index (χ2v) is 8.57. The number of ether oxygens (including phenoxy) is 3. The number of aliphatic hydroxyl groups is 1. The van der Waals surface area contributed by atoms with E-state index < -0.39 is 17.7 Å². The zero-order valence-corrected chi connectivity index (χ0v) is 20.9. The molecule has 1 aliphatic rings. The van der Waals surface area contributed by atoms with E-state index in [9.17, 15) is 14.7 Å². The molecule has 186 valence electrons. The van der Waals surface area contributed by atoms with E-state index in [2.05, 4.69) is 0 Å². The van der Waals surface area contributed by atoms with E-state index in [1.165, 1.54) is 25.2 Å². The van der Waals surface area contributed by atoms with Crippen LogP contribution < -0.4 is 19.1 Å². The van der Waals surface area contributed by atoms with Crippen LogP contribution in [-0.4, -0.2) is 37.6 Å². The van der Waals surface area contributed by atoms with Gasteiger partial charge in [-0.05, 0) is 54.4 Å². The molecule has 0 aromatic heterocycles. The Morgan fingerprint density at radius 1 is 0.972 bits per heavy atom. The number of benzene rings is 3. The van der Waals surface area contributed by atoms with Gasteiger partial charge in [-0.3, -0.25) is 14.5 Å². The lowest BCUT2D eigenvalue weighted by Crippen LogP contribution is -2.29. The highest BCUT2D eigenvalue weighted by molar-refractivity contribution is 6.51. The Balaban J connectivity index is 1.96. The van der Waals surface area contributed by atoms with Crippen LogP contribution in [0.25, 0.3) is 5.76 Å². The fourth-order valence-electron chi connectivity index (χ4n) is 4.18. The molecule has 8 heteroatoms. The summed E-state index contributed by atoms with van der Waals surface area (Å²) in [6, 6.07) is 17.7. The van der Waals surface area contributed by atoms with Crippen molar-refractivity contribution in [2.24, 2.45) is 0 Å². The molecular formula is C28H26ClNO6. The van der Waals surface area contributed by atoms with Crippen molar-refractivity contribution in [1.82, 2.24) is 0 Å². The number of methoxy groups -OCH3 is 2. The van der Waals surface area contributed by atoms with Gasteiger partial charge in [0.1, 0.15) is 23.0 Å². The molecule has 1 aliphatic heterocycles. The number of aliphatic hydroxyl groups excluding tert-OH is 1. The largest absolute Gasteiger partial charge is 0.507 e.